The van der Waals surface area contributed by atoms with Gasteiger partial charge in [-0.15, -0.1) is 5.10 Å². The highest BCUT2D eigenvalue weighted by molar-refractivity contribution is 5.80. The number of aromatic amines is 1. The molecule has 1 aliphatic heterocycles. The number of hydrogen-bond acceptors (Lipinski definition) is 6. The highest BCUT2D eigenvalue weighted by atomic mass is 16.5. The van der Waals surface area contributed by atoms with Gasteiger partial charge in [0.05, 0.1) is 12.1 Å². The van der Waals surface area contributed by atoms with Gasteiger partial charge in [0.1, 0.15) is 0 Å². The van der Waals surface area contributed by atoms with Crippen LogP contribution in [0, 0.1) is 13.8 Å². The van der Waals surface area contributed by atoms with Crippen molar-refractivity contribution in [3.05, 3.63) is 87.0 Å². The van der Waals surface area contributed by atoms with E-state index in [-0.39, 0.29) is 17.7 Å². The van der Waals surface area contributed by atoms with E-state index in [2.05, 4.69) is 82.6 Å². The third kappa shape index (κ3) is 5.81. The molecule has 1 N–H and O–H groups in total. The quantitative estimate of drug-likeness (QED) is 0.345. The van der Waals surface area contributed by atoms with Crippen LogP contribution >= 0.6 is 0 Å². The summed E-state index contributed by atoms with van der Waals surface area (Å²) in [5.41, 5.74) is 5.21. The number of ether oxygens (including phenoxy) is 1. The summed E-state index contributed by atoms with van der Waals surface area (Å²) < 4.78 is 7.93. The number of fused-ring (bicyclic) bond motifs is 1. The maximum Gasteiger partial charge on any atom is 0.252 e. The molecule has 0 amide bonds. The second-order valence-electron chi connectivity index (χ2n) is 10.1. The van der Waals surface area contributed by atoms with Gasteiger partial charge in [0, 0.05) is 37.3 Å². The van der Waals surface area contributed by atoms with E-state index in [1.165, 1.54) is 16.7 Å². The van der Waals surface area contributed by atoms with Crippen molar-refractivity contribution in [2.45, 2.75) is 71.7 Å². The molecule has 2 aromatic heterocycles. The fourth-order valence-corrected chi connectivity index (χ4v) is 5.30. The summed E-state index contributed by atoms with van der Waals surface area (Å²) in [6.07, 6.45) is 3.91. The molecule has 1 aliphatic rings. The maximum absolute atomic E-state index is 13.2. The summed E-state index contributed by atoms with van der Waals surface area (Å²) >= 11 is 0. The van der Waals surface area contributed by atoms with Crippen LogP contribution in [-0.2, 0) is 24.2 Å². The normalized spacial score (nSPS) is 16.6. The minimum absolute atomic E-state index is 0.0372. The monoisotopic (exact) mass is 500 g/mol. The minimum Gasteiger partial charge on any atom is -0.377 e. The molecule has 4 aromatic rings. The molecule has 37 heavy (non-hydrogen) atoms. The van der Waals surface area contributed by atoms with Gasteiger partial charge in [-0.25, -0.2) is 4.68 Å². The number of aryl methyl sites for hydroxylation is 4. The molecule has 1 fully saturated rings. The van der Waals surface area contributed by atoms with Gasteiger partial charge < -0.3 is 9.72 Å². The SMILES string of the molecule is CC[C@H](c1nnnn1CCc1ccccc1)N(Cc1cc2cc(C)c(C)cc2[nH]c1=O)C[C@H]1CCCO1. The summed E-state index contributed by atoms with van der Waals surface area (Å²) in [6.45, 7) is 9.05. The van der Waals surface area contributed by atoms with E-state index in [0.29, 0.717) is 13.1 Å². The summed E-state index contributed by atoms with van der Waals surface area (Å²) in [5, 5.41) is 13.9. The van der Waals surface area contributed by atoms with Crippen LogP contribution < -0.4 is 5.56 Å². The van der Waals surface area contributed by atoms with Gasteiger partial charge >= 0.3 is 0 Å². The first-order chi connectivity index (χ1) is 18.0. The molecule has 8 heteroatoms. The van der Waals surface area contributed by atoms with Crippen molar-refractivity contribution < 1.29 is 4.74 Å². The van der Waals surface area contributed by atoms with Gasteiger partial charge in [0.2, 0.25) is 0 Å². The Hall–Kier alpha value is -3.36. The van der Waals surface area contributed by atoms with E-state index in [1.807, 2.05) is 16.8 Å². The summed E-state index contributed by atoms with van der Waals surface area (Å²) in [7, 11) is 0. The minimum atomic E-state index is -0.0494. The number of benzene rings is 2. The lowest BCUT2D eigenvalue weighted by atomic mass is 10.0. The van der Waals surface area contributed by atoms with Gasteiger partial charge in [-0.05, 0) is 90.2 Å². The molecular formula is C29H36N6O2. The van der Waals surface area contributed by atoms with E-state index < -0.39 is 0 Å². The number of pyridine rings is 1. The zero-order valence-electron chi connectivity index (χ0n) is 22.0. The number of tetrazole rings is 1. The van der Waals surface area contributed by atoms with Gasteiger partial charge in [-0.1, -0.05) is 37.3 Å². The fraction of sp³-hybridized carbons (Fsp3) is 0.448. The zero-order chi connectivity index (χ0) is 25.8. The Morgan fingerprint density at radius 2 is 1.97 bits per heavy atom. The number of H-pyrrole nitrogens is 1. The van der Waals surface area contributed by atoms with Crippen LogP contribution in [0.4, 0.5) is 0 Å². The molecule has 2 atom stereocenters. The van der Waals surface area contributed by atoms with Crippen LogP contribution in [0.2, 0.25) is 0 Å². The molecule has 0 radical (unpaired) electrons. The van der Waals surface area contributed by atoms with Crippen molar-refractivity contribution >= 4 is 10.9 Å². The molecule has 194 valence electrons. The van der Waals surface area contributed by atoms with E-state index in [0.717, 1.165) is 61.1 Å². The highest BCUT2D eigenvalue weighted by Crippen LogP contribution is 2.27. The molecule has 0 bridgehead atoms. The molecule has 5 rings (SSSR count). The van der Waals surface area contributed by atoms with Gasteiger partial charge in [0.25, 0.3) is 5.56 Å². The summed E-state index contributed by atoms with van der Waals surface area (Å²) in [5.74, 6) is 0.833. The van der Waals surface area contributed by atoms with Crippen LogP contribution in [0.5, 0.6) is 0 Å². The highest BCUT2D eigenvalue weighted by Gasteiger charge is 2.29. The predicted molar refractivity (Wildman–Crippen MR) is 144 cm³/mol. The van der Waals surface area contributed by atoms with E-state index in [1.54, 1.807) is 0 Å². The summed E-state index contributed by atoms with van der Waals surface area (Å²) in [4.78, 5) is 18.6. The largest absolute Gasteiger partial charge is 0.377 e. The van der Waals surface area contributed by atoms with Gasteiger partial charge in [-0.3, -0.25) is 9.69 Å². The fourth-order valence-electron chi connectivity index (χ4n) is 5.30. The maximum atomic E-state index is 13.2. The Morgan fingerprint density at radius 1 is 1.16 bits per heavy atom. The lowest BCUT2D eigenvalue weighted by Gasteiger charge is -2.32. The Balaban J connectivity index is 1.44. The van der Waals surface area contributed by atoms with Crippen LogP contribution in [0.15, 0.2) is 53.3 Å². The zero-order valence-corrected chi connectivity index (χ0v) is 22.0. The number of hydrogen-bond donors (Lipinski definition) is 1. The van der Waals surface area contributed by atoms with E-state index in [4.69, 9.17) is 4.74 Å². The number of rotatable bonds is 10. The van der Waals surface area contributed by atoms with Crippen molar-refractivity contribution in [2.75, 3.05) is 13.2 Å². The van der Waals surface area contributed by atoms with Crippen molar-refractivity contribution in [1.82, 2.24) is 30.1 Å². The smallest absolute Gasteiger partial charge is 0.252 e. The molecular weight excluding hydrogens is 464 g/mol. The standard InChI is InChI=1S/C29H36N6O2/c1-4-27(28-31-32-33-35(28)13-12-22-9-6-5-7-10-22)34(19-25-11-8-14-37-25)18-24-17-23-15-20(2)21(3)16-26(23)30-29(24)36/h5-7,9-10,15-17,25,27H,4,8,11-14,18-19H2,1-3H3,(H,30,36)/t25-,27-/m1/s1. The first-order valence-electron chi connectivity index (χ1n) is 13.3. The van der Waals surface area contributed by atoms with Crippen LogP contribution in [0.25, 0.3) is 10.9 Å². The third-order valence-electron chi connectivity index (χ3n) is 7.51. The van der Waals surface area contributed by atoms with Crippen molar-refractivity contribution in [1.29, 1.82) is 0 Å². The molecule has 3 heterocycles. The van der Waals surface area contributed by atoms with Crippen LogP contribution in [0.1, 0.15) is 60.3 Å². The Bertz CT molecular complexity index is 1390. The Labute approximate surface area is 217 Å². The average molecular weight is 501 g/mol. The van der Waals surface area contributed by atoms with Crippen LogP contribution in [0.3, 0.4) is 0 Å². The molecule has 0 unspecified atom stereocenters. The molecule has 0 saturated carbocycles. The lowest BCUT2D eigenvalue weighted by molar-refractivity contribution is 0.0488. The average Bonchev–Trinajstić information content (AvgIpc) is 3.58. The molecule has 0 aliphatic carbocycles. The van der Waals surface area contributed by atoms with E-state index in [9.17, 15) is 4.79 Å². The van der Waals surface area contributed by atoms with Crippen molar-refractivity contribution in [3.63, 3.8) is 0 Å². The predicted octanol–water partition coefficient (Wildman–Crippen LogP) is 4.51. The topological polar surface area (TPSA) is 88.9 Å². The van der Waals surface area contributed by atoms with Gasteiger partial charge in [-0.2, -0.15) is 0 Å². The second-order valence-corrected chi connectivity index (χ2v) is 10.1. The first kappa shape index (κ1) is 25.3. The van der Waals surface area contributed by atoms with Gasteiger partial charge in [0.15, 0.2) is 5.82 Å². The second kappa shape index (κ2) is 11.4. The third-order valence-corrected chi connectivity index (χ3v) is 7.51. The number of nitrogens with one attached hydrogen (secondary N) is 1. The first-order valence-corrected chi connectivity index (χ1v) is 13.3. The van der Waals surface area contributed by atoms with Crippen molar-refractivity contribution in [2.24, 2.45) is 0 Å². The molecule has 0 spiro atoms. The molecule has 2 aromatic carbocycles. The van der Waals surface area contributed by atoms with Crippen LogP contribution in [-0.4, -0.2) is 49.3 Å². The van der Waals surface area contributed by atoms with Crippen molar-refractivity contribution in [3.8, 4) is 0 Å². The summed E-state index contributed by atoms with van der Waals surface area (Å²) in [6, 6.07) is 16.6. The number of aromatic nitrogens is 5. The number of nitrogens with zero attached hydrogens (tertiary/aromatic N) is 5. The molecule has 1 saturated heterocycles. The lowest BCUT2D eigenvalue weighted by Crippen LogP contribution is -2.37. The Morgan fingerprint density at radius 3 is 2.73 bits per heavy atom. The Kier molecular flexibility index (Phi) is 7.76. The molecule has 8 nitrogen and oxygen atoms in total. The van der Waals surface area contributed by atoms with E-state index >= 15 is 0 Å².